The second-order valence-corrected chi connectivity index (χ2v) is 17.7. The summed E-state index contributed by atoms with van der Waals surface area (Å²) in [5.74, 6) is 0. The van der Waals surface area contributed by atoms with Gasteiger partial charge in [0.25, 0.3) is 0 Å². The van der Waals surface area contributed by atoms with Crippen molar-refractivity contribution in [3.8, 4) is 112 Å². The Hall–Kier alpha value is -8.59. The van der Waals surface area contributed by atoms with Crippen molar-refractivity contribution >= 4 is 10.8 Å². The van der Waals surface area contributed by atoms with Crippen LogP contribution in [0.15, 0.2) is 273 Å². The Labute approximate surface area is 429 Å². The molecular weight excluding hydrogens is 1040 g/mol. The smallest absolute Gasteiger partial charge is 0.0715 e. The molecule has 12 rings (SSSR count). The summed E-state index contributed by atoms with van der Waals surface area (Å²) in [5, 5.41) is 2.25. The number of benzene rings is 10. The molecular formula is C68H45IrN2-. The molecule has 2 heterocycles. The van der Waals surface area contributed by atoms with Crippen LogP contribution >= 0.6 is 0 Å². The molecule has 0 atom stereocenters. The average Bonchev–Trinajstić information content (AvgIpc) is 3.45. The van der Waals surface area contributed by atoms with Crippen molar-refractivity contribution in [1.82, 2.24) is 9.97 Å². The van der Waals surface area contributed by atoms with Gasteiger partial charge in [-0.05, 0) is 156 Å². The molecule has 337 valence electrons. The van der Waals surface area contributed by atoms with Crippen LogP contribution < -0.4 is 0 Å². The Morgan fingerprint density at radius 3 is 1.08 bits per heavy atom. The molecule has 0 unspecified atom stereocenters. The van der Waals surface area contributed by atoms with Crippen LogP contribution in [0.3, 0.4) is 0 Å². The number of aromatic nitrogens is 2. The van der Waals surface area contributed by atoms with Crippen molar-refractivity contribution in [3.05, 3.63) is 279 Å². The molecule has 0 saturated carbocycles. The van der Waals surface area contributed by atoms with Gasteiger partial charge in [0.15, 0.2) is 0 Å². The maximum atomic E-state index is 5.53. The Kier molecular flexibility index (Phi) is 12.8. The molecule has 71 heavy (non-hydrogen) atoms. The monoisotopic (exact) mass is 1080 g/mol. The van der Waals surface area contributed by atoms with Crippen molar-refractivity contribution in [1.29, 1.82) is 0 Å². The molecule has 0 aliphatic carbocycles. The fourth-order valence-corrected chi connectivity index (χ4v) is 9.60. The number of nitrogens with zero attached hydrogens (tertiary/aromatic N) is 2. The maximum absolute atomic E-state index is 5.53. The largest absolute Gasteiger partial charge is 0.304 e. The van der Waals surface area contributed by atoms with Crippen LogP contribution in [0.2, 0.25) is 0 Å². The van der Waals surface area contributed by atoms with Crippen LogP contribution in [0, 0.1) is 6.07 Å². The molecule has 0 N–H and O–H groups in total. The molecule has 0 fully saturated rings. The maximum Gasteiger partial charge on any atom is 0.0715 e. The van der Waals surface area contributed by atoms with E-state index < -0.39 is 0 Å². The summed E-state index contributed by atoms with van der Waals surface area (Å²) in [6, 6.07) is 98.9. The predicted octanol–water partition coefficient (Wildman–Crippen LogP) is 18.1. The molecule has 0 amide bonds. The fourth-order valence-electron chi connectivity index (χ4n) is 9.60. The van der Waals surface area contributed by atoms with E-state index in [1.54, 1.807) is 0 Å². The Bertz CT molecular complexity index is 3500. The third-order valence-electron chi connectivity index (χ3n) is 13.2. The first-order valence-corrected chi connectivity index (χ1v) is 23.8. The quantitative estimate of drug-likeness (QED) is 0.128. The van der Waals surface area contributed by atoms with Crippen LogP contribution in [0.25, 0.3) is 122 Å². The van der Waals surface area contributed by atoms with E-state index in [-0.39, 0.29) is 20.1 Å². The van der Waals surface area contributed by atoms with E-state index in [1.807, 2.05) is 12.3 Å². The van der Waals surface area contributed by atoms with Gasteiger partial charge in [0.2, 0.25) is 0 Å². The summed E-state index contributed by atoms with van der Waals surface area (Å²) in [4.78, 5) is 10.4. The number of hydrogen-bond acceptors (Lipinski definition) is 2. The van der Waals surface area contributed by atoms with Gasteiger partial charge >= 0.3 is 0 Å². The van der Waals surface area contributed by atoms with E-state index in [4.69, 9.17) is 9.97 Å². The first-order chi connectivity index (χ1) is 34.6. The fraction of sp³-hybridized carbons (Fsp3) is 0. The predicted molar refractivity (Wildman–Crippen MR) is 293 cm³/mol. The molecule has 0 saturated heterocycles. The summed E-state index contributed by atoms with van der Waals surface area (Å²) in [5.41, 5.74) is 21.8. The molecule has 2 nitrogen and oxygen atoms in total. The van der Waals surface area contributed by atoms with E-state index in [2.05, 4.69) is 267 Å². The third-order valence-corrected chi connectivity index (χ3v) is 13.2. The van der Waals surface area contributed by atoms with Gasteiger partial charge in [-0.3, -0.25) is 0 Å². The third kappa shape index (κ3) is 9.58. The summed E-state index contributed by atoms with van der Waals surface area (Å²) in [6.07, 6.45) is 1.89. The van der Waals surface area contributed by atoms with Crippen molar-refractivity contribution < 1.29 is 20.1 Å². The van der Waals surface area contributed by atoms with Crippen molar-refractivity contribution in [2.24, 2.45) is 0 Å². The van der Waals surface area contributed by atoms with E-state index in [1.165, 1.54) is 44.5 Å². The van der Waals surface area contributed by atoms with Crippen LogP contribution in [0.1, 0.15) is 0 Å². The average molecular weight is 1080 g/mol. The molecule has 0 aliphatic heterocycles. The summed E-state index contributed by atoms with van der Waals surface area (Å²) in [6.45, 7) is 0. The zero-order chi connectivity index (χ0) is 46.6. The minimum absolute atomic E-state index is 0. The molecule has 3 heteroatoms. The van der Waals surface area contributed by atoms with Gasteiger partial charge in [0.1, 0.15) is 0 Å². The van der Waals surface area contributed by atoms with Gasteiger partial charge in [-0.15, -0.1) is 35.4 Å². The van der Waals surface area contributed by atoms with Crippen molar-refractivity contribution in [2.45, 2.75) is 0 Å². The van der Waals surface area contributed by atoms with Gasteiger partial charge < -0.3 is 4.98 Å². The first-order valence-electron chi connectivity index (χ1n) is 23.8. The second kappa shape index (κ2) is 20.2. The number of fused-ring (bicyclic) bond motifs is 1. The van der Waals surface area contributed by atoms with Crippen molar-refractivity contribution in [2.75, 3.05) is 0 Å². The molecule has 1 radical (unpaired) electrons. The van der Waals surface area contributed by atoms with Crippen LogP contribution in [0.5, 0.6) is 0 Å². The van der Waals surface area contributed by atoms with E-state index in [9.17, 15) is 0 Å². The van der Waals surface area contributed by atoms with Gasteiger partial charge in [-0.1, -0.05) is 182 Å². The number of rotatable bonds is 10. The summed E-state index contributed by atoms with van der Waals surface area (Å²) in [7, 11) is 0. The zero-order valence-electron chi connectivity index (χ0n) is 38.7. The molecule has 0 bridgehead atoms. The Morgan fingerprint density at radius 2 is 0.620 bits per heavy atom. The standard InChI is InChI=1S/C68H45N2.Ir/c1-5-18-47(19-6-1)58-39-59(48-20-7-2-8-21-48)42-62(41-58)52-27-15-30-55(36-52)66-45-64(54-29-17-32-57(38-54)68-65-33-14-13-26-51(65)34-35-69-68)46-67(70-66)56-31-16-28-53(37-56)63-43-60(49-22-9-3-10-23-49)40-61(44-63)50-24-11-4-12-25-50;/h1-31,33-46H;/q-1;. The Morgan fingerprint density at radius 1 is 0.268 bits per heavy atom. The van der Waals surface area contributed by atoms with Crippen LogP contribution in [0.4, 0.5) is 0 Å². The van der Waals surface area contributed by atoms with Gasteiger partial charge in [0, 0.05) is 37.4 Å². The van der Waals surface area contributed by atoms with Crippen LogP contribution in [-0.4, -0.2) is 9.97 Å². The second-order valence-electron chi connectivity index (χ2n) is 17.7. The van der Waals surface area contributed by atoms with Gasteiger partial charge in [-0.25, -0.2) is 4.98 Å². The van der Waals surface area contributed by atoms with Gasteiger partial charge in [0.05, 0.1) is 11.4 Å². The minimum Gasteiger partial charge on any atom is -0.304 e. The van der Waals surface area contributed by atoms with E-state index in [0.717, 1.165) is 77.9 Å². The number of pyridine rings is 2. The van der Waals surface area contributed by atoms with Crippen LogP contribution in [-0.2, 0) is 20.1 Å². The number of hydrogen-bond donors (Lipinski definition) is 0. The topological polar surface area (TPSA) is 25.8 Å². The van der Waals surface area contributed by atoms with E-state index in [0.29, 0.717) is 0 Å². The molecule has 12 aromatic rings. The molecule has 10 aromatic carbocycles. The molecule has 0 aliphatic rings. The minimum atomic E-state index is 0. The SMILES string of the molecule is [Ir].[c-]1ccc(-c2cc(-c3cccc(-c4cc(-c5ccccc5)cc(-c5ccccc5)c4)c3)nc(-c3cccc(-c4cc(-c5ccccc5)cc(-c5ccccc5)c4)c3)c2)cc1-c1nccc2ccccc12. The van der Waals surface area contributed by atoms with E-state index >= 15 is 0 Å². The zero-order valence-corrected chi connectivity index (χ0v) is 41.1. The molecule has 0 spiro atoms. The Balaban J connectivity index is 0.00000547. The van der Waals surface area contributed by atoms with Crippen molar-refractivity contribution in [3.63, 3.8) is 0 Å². The summed E-state index contributed by atoms with van der Waals surface area (Å²) < 4.78 is 0. The summed E-state index contributed by atoms with van der Waals surface area (Å²) >= 11 is 0. The first kappa shape index (κ1) is 44.9. The van der Waals surface area contributed by atoms with Gasteiger partial charge in [-0.2, -0.15) is 0 Å². The normalized spacial score (nSPS) is 11.0. The molecule has 2 aromatic heterocycles.